The lowest BCUT2D eigenvalue weighted by Gasteiger charge is -2.12. The van der Waals surface area contributed by atoms with E-state index >= 15 is 0 Å². The van der Waals surface area contributed by atoms with Crippen LogP contribution in [-0.4, -0.2) is 52.1 Å². The lowest BCUT2D eigenvalue weighted by Crippen LogP contribution is -2.14. The highest BCUT2D eigenvalue weighted by molar-refractivity contribution is 6.32. The van der Waals surface area contributed by atoms with Gasteiger partial charge >= 0.3 is 0 Å². The second-order valence-corrected chi connectivity index (χ2v) is 8.02. The van der Waals surface area contributed by atoms with Gasteiger partial charge in [-0.15, -0.1) is 0 Å². The molecular formula is C22H30N6O. The van der Waals surface area contributed by atoms with Gasteiger partial charge in [0, 0.05) is 17.6 Å². The Hall–Kier alpha value is -2.80. The highest BCUT2D eigenvalue weighted by Crippen LogP contribution is 2.30. The number of amides is 1. The molecule has 2 aromatic heterocycles. The van der Waals surface area contributed by atoms with Gasteiger partial charge in [0.1, 0.15) is 12.0 Å². The Labute approximate surface area is 172 Å². The van der Waals surface area contributed by atoms with Crippen molar-refractivity contribution in [3.63, 3.8) is 0 Å². The lowest BCUT2D eigenvalue weighted by atomic mass is 9.93. The number of aromatic amines is 1. The van der Waals surface area contributed by atoms with E-state index in [9.17, 15) is 4.79 Å². The summed E-state index contributed by atoms with van der Waals surface area (Å²) in [6, 6.07) is 1.76. The van der Waals surface area contributed by atoms with E-state index in [0.29, 0.717) is 22.9 Å². The first-order valence-corrected chi connectivity index (χ1v) is 10.1. The summed E-state index contributed by atoms with van der Waals surface area (Å²) >= 11 is 0. The SMILES string of the molecule is Cc1[nH]c(C=C2C(=O)NN=C2c2ccncn2)c(C(C)C)c1CCCCN(C)C. The molecule has 7 nitrogen and oxygen atoms in total. The minimum atomic E-state index is -0.215. The van der Waals surface area contributed by atoms with Gasteiger partial charge in [0.2, 0.25) is 0 Å². The molecule has 1 aliphatic rings. The highest BCUT2D eigenvalue weighted by Gasteiger charge is 2.26. The quantitative estimate of drug-likeness (QED) is 0.532. The van der Waals surface area contributed by atoms with Gasteiger partial charge in [-0.3, -0.25) is 4.79 Å². The molecule has 0 aliphatic carbocycles. The number of nitrogens with one attached hydrogen (secondary N) is 2. The number of unbranched alkanes of at least 4 members (excludes halogenated alkanes) is 1. The third-order valence-electron chi connectivity index (χ3n) is 5.13. The van der Waals surface area contributed by atoms with Crippen LogP contribution < -0.4 is 5.43 Å². The minimum absolute atomic E-state index is 0.215. The number of hydrogen-bond donors (Lipinski definition) is 2. The summed E-state index contributed by atoms with van der Waals surface area (Å²) in [4.78, 5) is 26.4. The average molecular weight is 395 g/mol. The lowest BCUT2D eigenvalue weighted by molar-refractivity contribution is -0.116. The Morgan fingerprint density at radius 2 is 2.03 bits per heavy atom. The topological polar surface area (TPSA) is 86.3 Å². The normalized spacial score (nSPS) is 15.5. The van der Waals surface area contributed by atoms with E-state index in [1.54, 1.807) is 12.3 Å². The first-order chi connectivity index (χ1) is 13.9. The van der Waals surface area contributed by atoms with E-state index in [0.717, 1.165) is 25.1 Å². The standard InChI is InChI=1S/C22H30N6O/c1-14(2)20-16(8-6-7-11-28(4)5)15(3)25-19(20)12-17-21(26-27-22(17)29)18-9-10-23-13-24-18/h9-10,12-14,25H,6-8,11H2,1-5H3,(H,27,29). The zero-order valence-corrected chi connectivity index (χ0v) is 17.9. The van der Waals surface area contributed by atoms with Crippen molar-refractivity contribution >= 4 is 17.7 Å². The Balaban J connectivity index is 1.92. The molecule has 2 N–H and O–H groups in total. The Morgan fingerprint density at radius 3 is 2.69 bits per heavy atom. The van der Waals surface area contributed by atoms with Gasteiger partial charge in [0.25, 0.3) is 5.91 Å². The molecular weight excluding hydrogens is 364 g/mol. The van der Waals surface area contributed by atoms with Crippen LogP contribution in [0.4, 0.5) is 0 Å². The molecule has 1 amide bonds. The molecule has 7 heteroatoms. The average Bonchev–Trinajstić information content (AvgIpc) is 3.19. The summed E-state index contributed by atoms with van der Waals surface area (Å²) < 4.78 is 0. The summed E-state index contributed by atoms with van der Waals surface area (Å²) in [6.07, 6.45) is 8.36. The zero-order chi connectivity index (χ0) is 21.0. The fraction of sp³-hybridized carbons (Fsp3) is 0.455. The molecule has 0 unspecified atom stereocenters. The molecule has 0 fully saturated rings. The van der Waals surface area contributed by atoms with Gasteiger partial charge in [-0.1, -0.05) is 13.8 Å². The summed E-state index contributed by atoms with van der Waals surface area (Å²) in [7, 11) is 4.21. The maximum Gasteiger partial charge on any atom is 0.273 e. The van der Waals surface area contributed by atoms with E-state index in [1.165, 1.54) is 29.6 Å². The number of aryl methyl sites for hydroxylation is 1. The van der Waals surface area contributed by atoms with Gasteiger partial charge in [-0.25, -0.2) is 15.4 Å². The minimum Gasteiger partial charge on any atom is -0.359 e. The van der Waals surface area contributed by atoms with Gasteiger partial charge < -0.3 is 9.88 Å². The molecule has 0 bridgehead atoms. The number of hydrazone groups is 1. The summed E-state index contributed by atoms with van der Waals surface area (Å²) in [5.74, 6) is 0.132. The number of H-pyrrole nitrogens is 1. The number of hydrogen-bond acceptors (Lipinski definition) is 5. The number of rotatable bonds is 8. The van der Waals surface area contributed by atoms with Crippen LogP contribution in [-0.2, 0) is 11.2 Å². The molecule has 0 aromatic carbocycles. The van der Waals surface area contributed by atoms with Crippen LogP contribution in [0.5, 0.6) is 0 Å². The van der Waals surface area contributed by atoms with Crippen molar-refractivity contribution in [1.29, 1.82) is 0 Å². The first-order valence-electron chi connectivity index (χ1n) is 10.1. The van der Waals surface area contributed by atoms with Crippen LogP contribution in [0, 0.1) is 6.92 Å². The summed E-state index contributed by atoms with van der Waals surface area (Å²) in [5.41, 5.74) is 9.05. The molecule has 3 rings (SSSR count). The fourth-order valence-corrected chi connectivity index (χ4v) is 3.77. The maximum absolute atomic E-state index is 12.5. The Kier molecular flexibility index (Phi) is 6.59. The van der Waals surface area contributed by atoms with Crippen LogP contribution in [0.2, 0.25) is 0 Å². The first kappa shape index (κ1) is 20.9. The van der Waals surface area contributed by atoms with Crippen molar-refractivity contribution < 1.29 is 4.79 Å². The molecule has 0 saturated heterocycles. The third kappa shape index (κ3) is 4.79. The second-order valence-electron chi connectivity index (χ2n) is 8.02. The van der Waals surface area contributed by atoms with Gasteiger partial charge in [-0.05, 0) is 76.0 Å². The summed E-state index contributed by atoms with van der Waals surface area (Å²) in [6.45, 7) is 7.60. The predicted octanol–water partition coefficient (Wildman–Crippen LogP) is 3.04. The zero-order valence-electron chi connectivity index (χ0n) is 17.9. The van der Waals surface area contributed by atoms with E-state index in [1.807, 2.05) is 6.08 Å². The van der Waals surface area contributed by atoms with Crippen LogP contribution in [0.15, 0.2) is 29.3 Å². The number of nitrogens with zero attached hydrogens (tertiary/aromatic N) is 4. The van der Waals surface area contributed by atoms with Gasteiger partial charge in [0.05, 0.1) is 11.3 Å². The van der Waals surface area contributed by atoms with Gasteiger partial charge in [-0.2, -0.15) is 5.10 Å². The van der Waals surface area contributed by atoms with E-state index in [4.69, 9.17) is 0 Å². The molecule has 1 aliphatic heterocycles. The van der Waals surface area contributed by atoms with Crippen molar-refractivity contribution in [2.45, 2.75) is 46.0 Å². The van der Waals surface area contributed by atoms with E-state index in [2.05, 4.69) is 65.2 Å². The molecule has 0 radical (unpaired) electrons. The number of carbonyl (C=O) groups excluding carboxylic acids is 1. The number of carbonyl (C=O) groups is 1. The Bertz CT molecular complexity index is 924. The third-order valence-corrected chi connectivity index (χ3v) is 5.13. The molecule has 29 heavy (non-hydrogen) atoms. The van der Waals surface area contributed by atoms with E-state index < -0.39 is 0 Å². The van der Waals surface area contributed by atoms with Crippen molar-refractivity contribution in [3.05, 3.63) is 52.4 Å². The largest absolute Gasteiger partial charge is 0.359 e. The van der Waals surface area contributed by atoms with Crippen LogP contribution in [0.3, 0.4) is 0 Å². The van der Waals surface area contributed by atoms with Crippen molar-refractivity contribution in [2.75, 3.05) is 20.6 Å². The van der Waals surface area contributed by atoms with Crippen molar-refractivity contribution in [3.8, 4) is 0 Å². The molecule has 0 spiro atoms. The monoisotopic (exact) mass is 394 g/mol. The fourth-order valence-electron chi connectivity index (χ4n) is 3.77. The van der Waals surface area contributed by atoms with Crippen molar-refractivity contribution in [1.82, 2.24) is 25.3 Å². The maximum atomic E-state index is 12.5. The molecule has 0 atom stereocenters. The molecule has 0 saturated carbocycles. The second kappa shape index (κ2) is 9.13. The van der Waals surface area contributed by atoms with Crippen LogP contribution in [0.1, 0.15) is 60.8 Å². The van der Waals surface area contributed by atoms with Gasteiger partial charge in [0.15, 0.2) is 0 Å². The van der Waals surface area contributed by atoms with E-state index in [-0.39, 0.29) is 5.91 Å². The Morgan fingerprint density at radius 1 is 1.24 bits per heavy atom. The molecule has 154 valence electrons. The summed E-state index contributed by atoms with van der Waals surface area (Å²) in [5, 5.41) is 4.19. The highest BCUT2D eigenvalue weighted by atomic mass is 16.2. The molecule has 3 heterocycles. The smallest absolute Gasteiger partial charge is 0.273 e. The van der Waals surface area contributed by atoms with Crippen LogP contribution in [0.25, 0.3) is 6.08 Å². The molecule has 2 aromatic rings. The van der Waals surface area contributed by atoms with Crippen LogP contribution >= 0.6 is 0 Å². The predicted molar refractivity (Wildman–Crippen MR) is 116 cm³/mol. The number of aromatic nitrogens is 3. The van der Waals surface area contributed by atoms with Crippen molar-refractivity contribution in [2.24, 2.45) is 5.10 Å².